The molecule has 0 atom stereocenters. The molecule has 0 fully saturated rings. The Labute approximate surface area is 182 Å². The van der Waals surface area contributed by atoms with Gasteiger partial charge in [-0.1, -0.05) is 24.8 Å². The van der Waals surface area contributed by atoms with E-state index in [1.54, 1.807) is 0 Å². The molecule has 146 valence electrons. The third kappa shape index (κ3) is 6.49. The molecule has 0 radical (unpaired) electrons. The van der Waals surface area contributed by atoms with Gasteiger partial charge in [-0.25, -0.2) is 0 Å². The number of nitrogens with zero attached hydrogens (tertiary/aromatic N) is 1. The number of carbonyl (C=O) groups excluding carboxylic acids is 1. The van der Waals surface area contributed by atoms with E-state index in [2.05, 4.69) is 72.4 Å². The van der Waals surface area contributed by atoms with Crippen molar-refractivity contribution in [1.29, 1.82) is 0 Å². The molecule has 0 aliphatic heterocycles. The second-order valence-corrected chi connectivity index (χ2v) is 9.07. The van der Waals surface area contributed by atoms with E-state index in [1.807, 2.05) is 50.2 Å². The molecular weight excluding hydrogens is 459 g/mol. The molecule has 3 nitrogen and oxygen atoms in total. The van der Waals surface area contributed by atoms with E-state index in [-0.39, 0.29) is 11.3 Å². The third-order valence-corrected chi connectivity index (χ3v) is 4.76. The van der Waals surface area contributed by atoms with Crippen LogP contribution < -0.4 is 5.32 Å². The van der Waals surface area contributed by atoms with Gasteiger partial charge >= 0.3 is 0 Å². The first-order chi connectivity index (χ1) is 13.1. The zero-order valence-electron chi connectivity index (χ0n) is 17.4. The lowest BCUT2D eigenvalue weighted by atomic mass is 9.97. The molecule has 0 spiro atoms. The molecule has 2 aromatic carbocycles. The maximum absolute atomic E-state index is 12.8. The average molecular weight is 486 g/mol. The molecule has 28 heavy (non-hydrogen) atoms. The third-order valence-electron chi connectivity index (χ3n) is 3.86. The minimum Gasteiger partial charge on any atom is -0.322 e. The van der Waals surface area contributed by atoms with Crippen LogP contribution in [0, 0.1) is 20.8 Å². The quantitative estimate of drug-likeness (QED) is 0.295. The van der Waals surface area contributed by atoms with Gasteiger partial charge in [-0.15, -0.1) is 0 Å². The first-order valence-electron chi connectivity index (χ1n) is 9.38. The van der Waals surface area contributed by atoms with Crippen molar-refractivity contribution in [2.24, 2.45) is 10.4 Å². The molecule has 2 rings (SSSR count). The molecule has 1 amide bonds. The highest BCUT2D eigenvalue weighted by Gasteiger charge is 2.12. The van der Waals surface area contributed by atoms with Gasteiger partial charge in [0.25, 0.3) is 5.91 Å². The van der Waals surface area contributed by atoms with Gasteiger partial charge in [0.2, 0.25) is 0 Å². The number of hydrogen-bond acceptors (Lipinski definition) is 2. The van der Waals surface area contributed by atoms with Crippen molar-refractivity contribution in [2.75, 3.05) is 5.32 Å². The van der Waals surface area contributed by atoms with Crippen molar-refractivity contribution in [3.05, 3.63) is 56.7 Å². The van der Waals surface area contributed by atoms with Gasteiger partial charge < -0.3 is 5.32 Å². The maximum atomic E-state index is 12.8. The lowest BCUT2D eigenvalue weighted by Crippen LogP contribution is -2.13. The predicted octanol–water partition coefficient (Wildman–Crippen LogP) is 6.62. The van der Waals surface area contributed by atoms with E-state index in [9.17, 15) is 4.79 Å². The lowest BCUT2D eigenvalue weighted by molar-refractivity contribution is 0.102. The van der Waals surface area contributed by atoms with Crippen molar-refractivity contribution in [2.45, 2.75) is 48.0 Å². The summed E-state index contributed by atoms with van der Waals surface area (Å²) in [6, 6.07) is 11.6. The molecule has 0 aliphatic carbocycles. The normalized spacial score (nSPS) is 10.7. The second kappa shape index (κ2) is 9.38. The first-order valence-corrected chi connectivity index (χ1v) is 10.5. The summed E-state index contributed by atoms with van der Waals surface area (Å²) in [5.74, 6) is 6.27. The summed E-state index contributed by atoms with van der Waals surface area (Å²) >= 11 is 2.19. The van der Waals surface area contributed by atoms with Gasteiger partial charge in [0, 0.05) is 25.9 Å². The van der Waals surface area contributed by atoms with Crippen LogP contribution in [0.5, 0.6) is 0 Å². The van der Waals surface area contributed by atoms with Crippen LogP contribution in [0.4, 0.5) is 11.4 Å². The van der Waals surface area contributed by atoms with Crippen LogP contribution in [0.15, 0.2) is 41.4 Å². The van der Waals surface area contributed by atoms with Crippen LogP contribution in [0.3, 0.4) is 0 Å². The SMILES string of the molecule is CCc1ccc(NC(=O)c2ccc(C#CC(C)(C)C)cc2I)cc1N=C(C)C. The highest BCUT2D eigenvalue weighted by Crippen LogP contribution is 2.26. The fraction of sp³-hybridized carbons (Fsp3) is 0.333. The highest BCUT2D eigenvalue weighted by molar-refractivity contribution is 14.1. The van der Waals surface area contributed by atoms with E-state index < -0.39 is 0 Å². The average Bonchev–Trinajstić information content (AvgIpc) is 2.59. The first kappa shape index (κ1) is 22.2. The Bertz CT molecular complexity index is 968. The van der Waals surface area contributed by atoms with Gasteiger partial charge in [0.1, 0.15) is 0 Å². The monoisotopic (exact) mass is 486 g/mol. The van der Waals surface area contributed by atoms with E-state index >= 15 is 0 Å². The Kier molecular flexibility index (Phi) is 7.42. The van der Waals surface area contributed by atoms with Crippen molar-refractivity contribution in [3.63, 3.8) is 0 Å². The fourth-order valence-electron chi connectivity index (χ4n) is 2.52. The van der Waals surface area contributed by atoms with Crippen LogP contribution in [0.1, 0.15) is 63.0 Å². The smallest absolute Gasteiger partial charge is 0.256 e. The number of nitrogens with one attached hydrogen (secondary N) is 1. The van der Waals surface area contributed by atoms with Crippen LogP contribution >= 0.6 is 22.6 Å². The summed E-state index contributed by atoms with van der Waals surface area (Å²) in [5.41, 5.74) is 5.30. The molecule has 0 unspecified atom stereocenters. The van der Waals surface area contributed by atoms with Crippen molar-refractivity contribution in [1.82, 2.24) is 0 Å². The molecule has 0 aliphatic rings. The summed E-state index contributed by atoms with van der Waals surface area (Å²) in [6.07, 6.45) is 0.898. The number of carbonyl (C=O) groups is 1. The highest BCUT2D eigenvalue weighted by atomic mass is 127. The van der Waals surface area contributed by atoms with Crippen LogP contribution in [-0.4, -0.2) is 11.6 Å². The number of aryl methyl sites for hydroxylation is 1. The topological polar surface area (TPSA) is 41.5 Å². The maximum Gasteiger partial charge on any atom is 0.256 e. The minimum atomic E-state index is -0.132. The van der Waals surface area contributed by atoms with Gasteiger partial charge in [0.05, 0.1) is 11.3 Å². The molecule has 2 aromatic rings. The molecular formula is C24H27IN2O. The van der Waals surface area contributed by atoms with Gasteiger partial charge in [-0.05, 0) is 99.5 Å². The number of halogens is 1. The Hall–Kier alpha value is -2.13. The van der Waals surface area contributed by atoms with E-state index in [4.69, 9.17) is 0 Å². The van der Waals surface area contributed by atoms with Crippen LogP contribution in [0.25, 0.3) is 0 Å². The lowest BCUT2D eigenvalue weighted by Gasteiger charge is -2.11. The van der Waals surface area contributed by atoms with E-state index in [0.29, 0.717) is 5.56 Å². The number of hydrogen-bond donors (Lipinski definition) is 1. The Morgan fingerprint density at radius 2 is 1.86 bits per heavy atom. The molecule has 0 saturated carbocycles. The molecule has 1 N–H and O–H groups in total. The molecule has 4 heteroatoms. The predicted molar refractivity (Wildman–Crippen MR) is 128 cm³/mol. The molecule has 0 saturated heterocycles. The molecule has 0 bridgehead atoms. The standard InChI is InChI=1S/C24H27IN2O/c1-7-18-9-10-19(15-22(18)26-16(2)3)27-23(28)20-11-8-17(14-21(20)25)12-13-24(4,5)6/h8-11,14-15H,7H2,1-6H3,(H,27,28). The zero-order valence-corrected chi connectivity index (χ0v) is 19.6. The van der Waals surface area contributed by atoms with E-state index in [0.717, 1.165) is 38.2 Å². The number of aliphatic imine (C=N–C) groups is 1. The summed E-state index contributed by atoms with van der Waals surface area (Å²) in [6.45, 7) is 12.3. The summed E-state index contributed by atoms with van der Waals surface area (Å²) in [5, 5.41) is 2.99. The van der Waals surface area contributed by atoms with Gasteiger partial charge in [-0.3, -0.25) is 9.79 Å². The summed E-state index contributed by atoms with van der Waals surface area (Å²) in [4.78, 5) is 17.4. The summed E-state index contributed by atoms with van der Waals surface area (Å²) < 4.78 is 0.878. The number of rotatable bonds is 4. The zero-order chi connectivity index (χ0) is 20.9. The number of amides is 1. The van der Waals surface area contributed by atoms with Gasteiger partial charge in [0.15, 0.2) is 0 Å². The van der Waals surface area contributed by atoms with Crippen molar-refractivity contribution in [3.8, 4) is 11.8 Å². The fourth-order valence-corrected chi connectivity index (χ4v) is 3.28. The minimum absolute atomic E-state index is 0.0524. The Balaban J connectivity index is 2.25. The summed E-state index contributed by atoms with van der Waals surface area (Å²) in [7, 11) is 0. The number of benzene rings is 2. The number of anilines is 1. The Morgan fingerprint density at radius 3 is 2.43 bits per heavy atom. The largest absolute Gasteiger partial charge is 0.322 e. The van der Waals surface area contributed by atoms with Crippen LogP contribution in [0.2, 0.25) is 0 Å². The van der Waals surface area contributed by atoms with Crippen molar-refractivity contribution >= 4 is 45.6 Å². The van der Waals surface area contributed by atoms with E-state index in [1.165, 1.54) is 0 Å². The van der Waals surface area contributed by atoms with Crippen LogP contribution in [-0.2, 0) is 6.42 Å². The van der Waals surface area contributed by atoms with Gasteiger partial charge in [-0.2, -0.15) is 0 Å². The van der Waals surface area contributed by atoms with Crippen molar-refractivity contribution < 1.29 is 4.79 Å². The molecule has 0 heterocycles. The second-order valence-electron chi connectivity index (χ2n) is 7.90. The Morgan fingerprint density at radius 1 is 1.14 bits per heavy atom. The molecule has 0 aromatic heterocycles.